The van der Waals surface area contributed by atoms with Gasteiger partial charge in [0.25, 0.3) is 0 Å². The molecule has 2 rings (SSSR count). The third kappa shape index (κ3) is 4.84. The molecule has 140 valence electrons. The van der Waals surface area contributed by atoms with Crippen LogP contribution in [-0.4, -0.2) is 25.6 Å². The second kappa shape index (κ2) is 7.90. The molecule has 4 nitrogen and oxygen atoms in total. The Kier molecular flexibility index (Phi) is 6.30. The Morgan fingerprint density at radius 3 is 2.60 bits per heavy atom. The summed E-state index contributed by atoms with van der Waals surface area (Å²) in [6.45, 7) is 9.69. The number of carbonyl (C=O) groups is 1. The fourth-order valence-electron chi connectivity index (χ4n) is 3.55. The Balaban J connectivity index is 2.08. The number of rotatable bonds is 5. The van der Waals surface area contributed by atoms with E-state index >= 15 is 0 Å². The Morgan fingerprint density at radius 2 is 1.92 bits per heavy atom. The largest absolute Gasteiger partial charge is 0.352 e. The summed E-state index contributed by atoms with van der Waals surface area (Å²) in [5.41, 5.74) is 2.74. The highest BCUT2D eigenvalue weighted by atomic mass is 32.2. The predicted molar refractivity (Wildman–Crippen MR) is 102 cm³/mol. The minimum absolute atomic E-state index is 0.0783. The highest BCUT2D eigenvalue weighted by Crippen LogP contribution is 2.29. The molecule has 1 aromatic rings. The SMILES string of the molecule is Cc1ccc(C)c(CS(=O)(=O)[C@H](C)C(=O)N[C@@H]2CCC[C@H](C)[C@H]2C)c1. The van der Waals surface area contributed by atoms with E-state index in [2.05, 4.69) is 19.2 Å². The van der Waals surface area contributed by atoms with Crippen molar-refractivity contribution in [3.63, 3.8) is 0 Å². The molecule has 1 aliphatic carbocycles. The van der Waals surface area contributed by atoms with Gasteiger partial charge in [-0.25, -0.2) is 8.42 Å². The average molecular weight is 366 g/mol. The van der Waals surface area contributed by atoms with E-state index in [1.54, 1.807) is 0 Å². The monoisotopic (exact) mass is 365 g/mol. The summed E-state index contributed by atoms with van der Waals surface area (Å²) in [5.74, 6) is 0.481. The molecule has 1 N–H and O–H groups in total. The molecule has 1 amide bonds. The summed E-state index contributed by atoms with van der Waals surface area (Å²) in [6, 6.07) is 5.86. The fourth-order valence-corrected chi connectivity index (χ4v) is 4.94. The molecule has 0 spiro atoms. The molecule has 0 saturated heterocycles. The number of hydrogen-bond donors (Lipinski definition) is 1. The van der Waals surface area contributed by atoms with Crippen molar-refractivity contribution in [2.45, 2.75) is 70.9 Å². The van der Waals surface area contributed by atoms with E-state index in [1.165, 1.54) is 13.3 Å². The van der Waals surface area contributed by atoms with E-state index in [9.17, 15) is 13.2 Å². The minimum atomic E-state index is -3.55. The van der Waals surface area contributed by atoms with Gasteiger partial charge >= 0.3 is 0 Å². The number of hydrogen-bond acceptors (Lipinski definition) is 3. The van der Waals surface area contributed by atoms with Crippen LogP contribution in [0.2, 0.25) is 0 Å². The van der Waals surface area contributed by atoms with E-state index in [-0.39, 0.29) is 17.7 Å². The van der Waals surface area contributed by atoms with Crippen LogP contribution in [0, 0.1) is 25.7 Å². The molecule has 0 radical (unpaired) electrons. The van der Waals surface area contributed by atoms with Crippen molar-refractivity contribution < 1.29 is 13.2 Å². The van der Waals surface area contributed by atoms with Crippen LogP contribution in [0.5, 0.6) is 0 Å². The zero-order chi connectivity index (χ0) is 18.8. The van der Waals surface area contributed by atoms with Gasteiger partial charge in [-0.2, -0.15) is 0 Å². The van der Waals surface area contributed by atoms with Gasteiger partial charge in [0.15, 0.2) is 9.84 Å². The lowest BCUT2D eigenvalue weighted by atomic mass is 9.78. The number of benzene rings is 1. The van der Waals surface area contributed by atoms with Crippen LogP contribution in [0.15, 0.2) is 18.2 Å². The Hall–Kier alpha value is -1.36. The van der Waals surface area contributed by atoms with Crippen molar-refractivity contribution in [1.82, 2.24) is 5.32 Å². The zero-order valence-corrected chi connectivity index (χ0v) is 16.8. The molecule has 4 atom stereocenters. The maximum Gasteiger partial charge on any atom is 0.238 e. The van der Waals surface area contributed by atoms with Gasteiger partial charge in [-0.05, 0) is 50.2 Å². The van der Waals surface area contributed by atoms with E-state index < -0.39 is 15.1 Å². The van der Waals surface area contributed by atoms with Crippen molar-refractivity contribution >= 4 is 15.7 Å². The summed E-state index contributed by atoms with van der Waals surface area (Å²) < 4.78 is 25.5. The molecule has 1 aliphatic rings. The molecule has 5 heteroatoms. The first-order chi connectivity index (χ1) is 11.6. The summed E-state index contributed by atoms with van der Waals surface area (Å²) in [6.07, 6.45) is 3.19. The molecular weight excluding hydrogens is 334 g/mol. The molecule has 0 aromatic heterocycles. The number of amides is 1. The van der Waals surface area contributed by atoms with Crippen LogP contribution in [0.1, 0.15) is 56.7 Å². The molecule has 0 heterocycles. The summed E-state index contributed by atoms with van der Waals surface area (Å²) >= 11 is 0. The second-order valence-electron chi connectivity index (χ2n) is 7.76. The van der Waals surface area contributed by atoms with Gasteiger partial charge in [-0.15, -0.1) is 0 Å². The Bertz CT molecular complexity index is 726. The molecule has 0 aliphatic heterocycles. The first-order valence-electron chi connectivity index (χ1n) is 9.20. The number of aryl methyl sites for hydroxylation is 2. The second-order valence-corrected chi connectivity index (χ2v) is 10.1. The maximum atomic E-state index is 12.7. The zero-order valence-electron chi connectivity index (χ0n) is 16.0. The predicted octanol–water partition coefficient (Wildman–Crippen LogP) is 3.55. The summed E-state index contributed by atoms with van der Waals surface area (Å²) in [5, 5.41) is 1.97. The van der Waals surface area contributed by atoms with Crippen LogP contribution >= 0.6 is 0 Å². The Morgan fingerprint density at radius 1 is 1.24 bits per heavy atom. The molecule has 1 saturated carbocycles. The van der Waals surface area contributed by atoms with Crippen LogP contribution < -0.4 is 5.32 Å². The van der Waals surface area contributed by atoms with Gasteiger partial charge in [0.1, 0.15) is 5.25 Å². The topological polar surface area (TPSA) is 63.2 Å². The van der Waals surface area contributed by atoms with Crippen molar-refractivity contribution in [2.24, 2.45) is 11.8 Å². The third-order valence-electron chi connectivity index (χ3n) is 5.80. The van der Waals surface area contributed by atoms with E-state index in [1.807, 2.05) is 32.0 Å². The third-order valence-corrected chi connectivity index (χ3v) is 7.81. The van der Waals surface area contributed by atoms with Crippen molar-refractivity contribution in [2.75, 3.05) is 0 Å². The molecule has 1 aromatic carbocycles. The smallest absolute Gasteiger partial charge is 0.238 e. The van der Waals surface area contributed by atoms with Crippen molar-refractivity contribution in [3.05, 3.63) is 34.9 Å². The molecule has 0 unspecified atom stereocenters. The Labute approximate surface area is 152 Å². The van der Waals surface area contributed by atoms with E-state index in [0.29, 0.717) is 11.8 Å². The number of sulfone groups is 1. The van der Waals surface area contributed by atoms with Gasteiger partial charge in [0, 0.05) is 6.04 Å². The number of carbonyl (C=O) groups excluding carboxylic acids is 1. The first-order valence-corrected chi connectivity index (χ1v) is 10.9. The summed E-state index contributed by atoms with van der Waals surface area (Å²) in [7, 11) is -3.55. The van der Waals surface area contributed by atoms with Gasteiger partial charge in [-0.1, -0.05) is 50.5 Å². The van der Waals surface area contributed by atoms with Gasteiger partial charge in [0.05, 0.1) is 5.75 Å². The lowest BCUT2D eigenvalue weighted by Crippen LogP contribution is -2.48. The highest BCUT2D eigenvalue weighted by molar-refractivity contribution is 7.92. The maximum absolute atomic E-state index is 12.7. The van der Waals surface area contributed by atoms with Crippen LogP contribution in [0.3, 0.4) is 0 Å². The van der Waals surface area contributed by atoms with Gasteiger partial charge < -0.3 is 5.32 Å². The van der Waals surface area contributed by atoms with Crippen molar-refractivity contribution in [1.29, 1.82) is 0 Å². The van der Waals surface area contributed by atoms with Gasteiger partial charge in [0.2, 0.25) is 5.91 Å². The molecule has 1 fully saturated rings. The normalized spacial score (nSPS) is 25.4. The highest BCUT2D eigenvalue weighted by Gasteiger charge is 2.33. The van der Waals surface area contributed by atoms with Crippen molar-refractivity contribution in [3.8, 4) is 0 Å². The lowest BCUT2D eigenvalue weighted by molar-refractivity contribution is -0.121. The quantitative estimate of drug-likeness (QED) is 0.868. The molecule has 25 heavy (non-hydrogen) atoms. The molecule has 0 bridgehead atoms. The van der Waals surface area contributed by atoms with Crippen LogP contribution in [0.25, 0.3) is 0 Å². The summed E-state index contributed by atoms with van der Waals surface area (Å²) in [4.78, 5) is 12.6. The standard InChI is InChI=1S/C20H31NO3S/c1-13-9-10-15(3)18(11-13)12-25(23,24)17(5)20(22)21-19-8-6-7-14(2)16(19)4/h9-11,14,16-17,19H,6-8,12H2,1-5H3,(H,21,22)/t14-,16+,17+,19+/m0/s1. The van der Waals surface area contributed by atoms with E-state index in [0.717, 1.165) is 29.5 Å². The van der Waals surface area contributed by atoms with Crippen LogP contribution in [-0.2, 0) is 20.4 Å². The van der Waals surface area contributed by atoms with Crippen LogP contribution in [0.4, 0.5) is 0 Å². The minimum Gasteiger partial charge on any atom is -0.352 e. The first kappa shape index (κ1) is 20.0. The van der Waals surface area contributed by atoms with E-state index in [4.69, 9.17) is 0 Å². The number of nitrogens with one attached hydrogen (secondary N) is 1. The van der Waals surface area contributed by atoms with Gasteiger partial charge in [-0.3, -0.25) is 4.79 Å². The fraction of sp³-hybridized carbons (Fsp3) is 0.650. The average Bonchev–Trinajstić information content (AvgIpc) is 2.54. The lowest BCUT2D eigenvalue weighted by Gasteiger charge is -2.35. The molecular formula is C20H31NO3S.